The number of aromatic amines is 1. The summed E-state index contributed by atoms with van der Waals surface area (Å²) in [6, 6.07) is 7.63. The number of carbonyl (C=O) groups excluding carboxylic acids is 2. The molecular formula is C20H25N5O2. The van der Waals surface area contributed by atoms with E-state index in [0.717, 1.165) is 61.2 Å². The largest absolute Gasteiger partial charge is 0.347 e. The molecule has 1 aromatic carbocycles. The van der Waals surface area contributed by atoms with E-state index in [0.29, 0.717) is 18.8 Å². The second kappa shape index (κ2) is 7.92. The molecule has 142 valence electrons. The maximum atomic E-state index is 12.5. The van der Waals surface area contributed by atoms with Crippen molar-refractivity contribution in [3.05, 3.63) is 46.8 Å². The van der Waals surface area contributed by atoms with Crippen molar-refractivity contribution in [1.29, 1.82) is 0 Å². The van der Waals surface area contributed by atoms with Crippen molar-refractivity contribution in [2.45, 2.75) is 45.2 Å². The Labute approximate surface area is 158 Å². The zero-order valence-electron chi connectivity index (χ0n) is 15.3. The zero-order chi connectivity index (χ0) is 18.6. The van der Waals surface area contributed by atoms with Gasteiger partial charge in [0, 0.05) is 48.9 Å². The number of hydrogen-bond donors (Lipinski definition) is 4. The lowest BCUT2D eigenvalue weighted by molar-refractivity contribution is -0.119. The molecule has 0 radical (unpaired) electrons. The number of rotatable bonds is 5. The minimum atomic E-state index is -0.184. The molecule has 7 heteroatoms. The summed E-state index contributed by atoms with van der Waals surface area (Å²) in [5.41, 5.74) is 4.17. The third-order valence-electron chi connectivity index (χ3n) is 5.39. The van der Waals surface area contributed by atoms with Crippen LogP contribution in [0.15, 0.2) is 24.3 Å². The van der Waals surface area contributed by atoms with E-state index in [1.807, 2.05) is 24.3 Å². The van der Waals surface area contributed by atoms with Gasteiger partial charge < -0.3 is 16.0 Å². The van der Waals surface area contributed by atoms with E-state index < -0.39 is 0 Å². The molecule has 0 unspecified atom stereocenters. The molecule has 1 saturated carbocycles. The van der Waals surface area contributed by atoms with Crippen molar-refractivity contribution >= 4 is 17.5 Å². The topological polar surface area (TPSA) is 98.9 Å². The maximum Gasteiger partial charge on any atom is 0.272 e. The van der Waals surface area contributed by atoms with E-state index in [1.54, 1.807) is 0 Å². The molecule has 0 bridgehead atoms. The Morgan fingerprint density at radius 2 is 2.07 bits per heavy atom. The molecule has 27 heavy (non-hydrogen) atoms. The average Bonchev–Trinajstić information content (AvgIpc) is 3.36. The number of H-pyrrole nitrogens is 1. The van der Waals surface area contributed by atoms with Crippen molar-refractivity contribution in [2.75, 3.05) is 11.9 Å². The van der Waals surface area contributed by atoms with Gasteiger partial charge in [-0.2, -0.15) is 5.10 Å². The maximum absolute atomic E-state index is 12.5. The molecule has 2 aliphatic rings. The second-order valence-electron chi connectivity index (χ2n) is 7.31. The minimum Gasteiger partial charge on any atom is -0.347 e. The average molecular weight is 367 g/mol. The number of benzene rings is 1. The molecule has 2 amide bonds. The third-order valence-corrected chi connectivity index (χ3v) is 5.39. The zero-order valence-corrected chi connectivity index (χ0v) is 15.3. The van der Waals surface area contributed by atoms with Crippen LogP contribution in [0.25, 0.3) is 0 Å². The highest BCUT2D eigenvalue weighted by Gasteiger charge is 2.23. The fourth-order valence-corrected chi connectivity index (χ4v) is 3.87. The fourth-order valence-electron chi connectivity index (χ4n) is 3.87. The number of carbonyl (C=O) groups is 2. The molecule has 1 aliphatic carbocycles. The smallest absolute Gasteiger partial charge is 0.272 e. The normalized spacial score (nSPS) is 16.7. The number of nitrogens with one attached hydrogen (secondary N) is 4. The molecule has 7 nitrogen and oxygen atoms in total. The molecule has 2 heterocycles. The molecule has 4 N–H and O–H groups in total. The van der Waals surface area contributed by atoms with Crippen molar-refractivity contribution < 1.29 is 9.59 Å². The lowest BCUT2D eigenvalue weighted by atomic mass is 10.1. The summed E-state index contributed by atoms with van der Waals surface area (Å²) in [5, 5.41) is 16.3. The minimum absolute atomic E-state index is 0.101. The lowest BCUT2D eigenvalue weighted by Gasteiger charge is -2.13. The first-order chi connectivity index (χ1) is 13.2. The summed E-state index contributed by atoms with van der Waals surface area (Å²) in [4.78, 5) is 24.8. The Balaban J connectivity index is 1.36. The van der Waals surface area contributed by atoms with E-state index in [2.05, 4.69) is 26.1 Å². The summed E-state index contributed by atoms with van der Waals surface area (Å²) in [7, 11) is 0. The summed E-state index contributed by atoms with van der Waals surface area (Å²) < 4.78 is 0. The number of fused-ring (bicyclic) bond motifs is 1. The van der Waals surface area contributed by atoms with Crippen LogP contribution < -0.4 is 16.0 Å². The third kappa shape index (κ3) is 4.03. The van der Waals surface area contributed by atoms with Gasteiger partial charge in [-0.15, -0.1) is 0 Å². The highest BCUT2D eigenvalue weighted by Crippen LogP contribution is 2.26. The molecule has 2 aromatic rings. The van der Waals surface area contributed by atoms with Gasteiger partial charge in [0.1, 0.15) is 0 Å². The first-order valence-corrected chi connectivity index (χ1v) is 9.65. The van der Waals surface area contributed by atoms with Gasteiger partial charge in [0.25, 0.3) is 5.91 Å². The Morgan fingerprint density at radius 3 is 2.93 bits per heavy atom. The van der Waals surface area contributed by atoms with Crippen molar-refractivity contribution in [3.63, 3.8) is 0 Å². The lowest BCUT2D eigenvalue weighted by Crippen LogP contribution is -2.28. The molecule has 1 fully saturated rings. The molecule has 0 spiro atoms. The fraction of sp³-hybridized carbons (Fsp3) is 0.450. The van der Waals surface area contributed by atoms with E-state index in [1.165, 1.54) is 0 Å². The van der Waals surface area contributed by atoms with E-state index >= 15 is 0 Å². The van der Waals surface area contributed by atoms with Crippen LogP contribution in [0.2, 0.25) is 0 Å². The second-order valence-corrected chi connectivity index (χ2v) is 7.31. The summed E-state index contributed by atoms with van der Waals surface area (Å²) in [5.74, 6) is 0.0498. The number of hydrogen-bond acceptors (Lipinski definition) is 4. The highest BCUT2D eigenvalue weighted by atomic mass is 16.2. The number of anilines is 1. The summed E-state index contributed by atoms with van der Waals surface area (Å²) in [6.07, 6.45) is 5.08. The van der Waals surface area contributed by atoms with Gasteiger partial charge in [0.2, 0.25) is 5.91 Å². The van der Waals surface area contributed by atoms with Crippen molar-refractivity contribution in [1.82, 2.24) is 20.8 Å². The van der Waals surface area contributed by atoms with Crippen LogP contribution in [0.3, 0.4) is 0 Å². The molecular weight excluding hydrogens is 342 g/mol. The summed E-state index contributed by atoms with van der Waals surface area (Å²) in [6.45, 7) is 1.95. The van der Waals surface area contributed by atoms with Gasteiger partial charge in [-0.3, -0.25) is 14.7 Å². The molecule has 1 aliphatic heterocycles. The number of nitrogens with zero attached hydrogens (tertiary/aromatic N) is 1. The van der Waals surface area contributed by atoms with Crippen LogP contribution in [-0.4, -0.2) is 28.6 Å². The SMILES string of the molecule is O=C(NCc1cccc(NC(=O)C2CCCC2)c1)c1n[nH]c2c1CNCC2. The van der Waals surface area contributed by atoms with Crippen molar-refractivity contribution in [2.24, 2.45) is 5.92 Å². The van der Waals surface area contributed by atoms with Crippen LogP contribution in [-0.2, 0) is 24.3 Å². The van der Waals surface area contributed by atoms with E-state index in [4.69, 9.17) is 0 Å². The van der Waals surface area contributed by atoms with Crippen LogP contribution >= 0.6 is 0 Å². The summed E-state index contributed by atoms with van der Waals surface area (Å²) >= 11 is 0. The Bertz CT molecular complexity index is 839. The predicted molar refractivity (Wildman–Crippen MR) is 102 cm³/mol. The van der Waals surface area contributed by atoms with Gasteiger partial charge in [0.05, 0.1) is 0 Å². The first-order valence-electron chi connectivity index (χ1n) is 9.65. The molecule has 4 rings (SSSR count). The van der Waals surface area contributed by atoms with Crippen molar-refractivity contribution in [3.8, 4) is 0 Å². The van der Waals surface area contributed by atoms with Crippen LogP contribution in [0, 0.1) is 5.92 Å². The highest BCUT2D eigenvalue weighted by molar-refractivity contribution is 5.94. The van der Waals surface area contributed by atoms with Crippen LogP contribution in [0.1, 0.15) is 53.0 Å². The van der Waals surface area contributed by atoms with E-state index in [-0.39, 0.29) is 17.7 Å². The standard InChI is InChI=1S/C20H25N5O2/c26-19(14-5-1-2-6-14)23-15-7-3-4-13(10-15)11-22-20(27)18-16-12-21-9-8-17(16)24-25-18/h3-4,7,10,14,21H,1-2,5-6,8-9,11-12H2,(H,22,27)(H,23,26)(H,24,25). The first kappa shape index (κ1) is 17.7. The monoisotopic (exact) mass is 367 g/mol. The number of amides is 2. The molecule has 0 atom stereocenters. The van der Waals surface area contributed by atoms with Gasteiger partial charge in [0.15, 0.2) is 5.69 Å². The van der Waals surface area contributed by atoms with E-state index in [9.17, 15) is 9.59 Å². The quantitative estimate of drug-likeness (QED) is 0.650. The Kier molecular flexibility index (Phi) is 5.20. The van der Waals surface area contributed by atoms with Gasteiger partial charge in [-0.1, -0.05) is 25.0 Å². The van der Waals surface area contributed by atoms with Crippen LogP contribution in [0.4, 0.5) is 5.69 Å². The molecule has 0 saturated heterocycles. The predicted octanol–water partition coefficient (Wildman–Crippen LogP) is 2.11. The van der Waals surface area contributed by atoms with Gasteiger partial charge in [-0.25, -0.2) is 0 Å². The van der Waals surface area contributed by atoms with Gasteiger partial charge in [-0.05, 0) is 30.5 Å². The van der Waals surface area contributed by atoms with Gasteiger partial charge >= 0.3 is 0 Å². The Morgan fingerprint density at radius 1 is 1.22 bits per heavy atom. The Hall–Kier alpha value is -2.67. The number of aromatic nitrogens is 2. The molecule has 1 aromatic heterocycles. The van der Waals surface area contributed by atoms with Crippen LogP contribution in [0.5, 0.6) is 0 Å².